The molecule has 4 N–H and O–H groups in total. The summed E-state index contributed by atoms with van der Waals surface area (Å²) in [4.78, 5) is 21.8. The molecule has 5 nitrogen and oxygen atoms in total. The number of amides is 1. The van der Waals surface area contributed by atoms with Crippen molar-refractivity contribution in [1.29, 1.82) is 0 Å². The van der Waals surface area contributed by atoms with Crippen LogP contribution in [0.3, 0.4) is 0 Å². The van der Waals surface area contributed by atoms with Gasteiger partial charge in [-0.05, 0) is 26.2 Å². The molecular weight excluding hydrogens is 184 g/mol. The van der Waals surface area contributed by atoms with Crippen LogP contribution in [0.2, 0.25) is 0 Å². The SMILES string of the molecule is CC(N)C(=O)NC1CCC(C(=O)O)C1. The van der Waals surface area contributed by atoms with Crippen LogP contribution < -0.4 is 11.1 Å². The molecule has 0 aromatic rings. The Hall–Kier alpha value is -1.10. The maximum atomic E-state index is 11.2. The van der Waals surface area contributed by atoms with Crippen molar-refractivity contribution in [1.82, 2.24) is 5.32 Å². The molecule has 1 aliphatic rings. The summed E-state index contributed by atoms with van der Waals surface area (Å²) in [6, 6.07) is -0.548. The average Bonchev–Trinajstić information content (AvgIpc) is 2.52. The Morgan fingerprint density at radius 1 is 1.50 bits per heavy atom. The number of aliphatic carboxylic acids is 1. The summed E-state index contributed by atoms with van der Waals surface area (Å²) in [5.41, 5.74) is 5.38. The number of nitrogens with one attached hydrogen (secondary N) is 1. The van der Waals surface area contributed by atoms with E-state index in [9.17, 15) is 9.59 Å². The first-order valence-electron chi connectivity index (χ1n) is 4.79. The number of hydrogen-bond donors (Lipinski definition) is 3. The molecule has 0 saturated heterocycles. The van der Waals surface area contributed by atoms with Gasteiger partial charge < -0.3 is 16.2 Å². The quantitative estimate of drug-likeness (QED) is 0.583. The van der Waals surface area contributed by atoms with E-state index >= 15 is 0 Å². The Balaban J connectivity index is 2.36. The molecule has 0 bridgehead atoms. The minimum Gasteiger partial charge on any atom is -0.481 e. The summed E-state index contributed by atoms with van der Waals surface area (Å²) in [5.74, 6) is -1.29. The van der Waals surface area contributed by atoms with Crippen molar-refractivity contribution >= 4 is 11.9 Å². The van der Waals surface area contributed by atoms with E-state index in [-0.39, 0.29) is 17.9 Å². The number of carboxylic acid groups (broad SMARTS) is 1. The van der Waals surface area contributed by atoms with Crippen LogP contribution in [-0.4, -0.2) is 29.1 Å². The van der Waals surface area contributed by atoms with Gasteiger partial charge >= 0.3 is 5.97 Å². The van der Waals surface area contributed by atoms with Crippen LogP contribution in [0, 0.1) is 5.92 Å². The first-order chi connectivity index (χ1) is 6.50. The molecule has 0 aromatic carbocycles. The fourth-order valence-electron chi connectivity index (χ4n) is 1.67. The summed E-state index contributed by atoms with van der Waals surface area (Å²) >= 11 is 0. The van der Waals surface area contributed by atoms with E-state index in [2.05, 4.69) is 5.32 Å². The molecule has 1 rings (SSSR count). The minimum atomic E-state index is -0.775. The second-order valence-electron chi connectivity index (χ2n) is 3.84. The lowest BCUT2D eigenvalue weighted by molar-refractivity contribution is -0.141. The molecule has 14 heavy (non-hydrogen) atoms. The first kappa shape index (κ1) is 11.0. The largest absolute Gasteiger partial charge is 0.481 e. The molecule has 0 heterocycles. The highest BCUT2D eigenvalue weighted by molar-refractivity contribution is 5.81. The molecule has 1 amide bonds. The zero-order chi connectivity index (χ0) is 10.7. The maximum absolute atomic E-state index is 11.2. The third kappa shape index (κ3) is 2.70. The summed E-state index contributed by atoms with van der Waals surface area (Å²) < 4.78 is 0. The van der Waals surface area contributed by atoms with E-state index in [0.29, 0.717) is 12.8 Å². The zero-order valence-corrected chi connectivity index (χ0v) is 8.19. The van der Waals surface area contributed by atoms with Crippen LogP contribution in [0.1, 0.15) is 26.2 Å². The van der Waals surface area contributed by atoms with E-state index in [0.717, 1.165) is 6.42 Å². The highest BCUT2D eigenvalue weighted by atomic mass is 16.4. The van der Waals surface area contributed by atoms with Crippen LogP contribution in [0.4, 0.5) is 0 Å². The van der Waals surface area contributed by atoms with Crippen LogP contribution in [0.15, 0.2) is 0 Å². The molecule has 3 unspecified atom stereocenters. The third-order valence-corrected chi connectivity index (χ3v) is 2.54. The number of rotatable bonds is 3. The minimum absolute atomic E-state index is 0.0189. The van der Waals surface area contributed by atoms with Crippen LogP contribution in [0.25, 0.3) is 0 Å². The van der Waals surface area contributed by atoms with Gasteiger partial charge in [0.15, 0.2) is 0 Å². The Morgan fingerprint density at radius 3 is 2.57 bits per heavy atom. The van der Waals surface area contributed by atoms with Crippen LogP contribution in [-0.2, 0) is 9.59 Å². The van der Waals surface area contributed by atoms with Gasteiger partial charge in [0.2, 0.25) is 5.91 Å². The van der Waals surface area contributed by atoms with Gasteiger partial charge in [0.05, 0.1) is 12.0 Å². The van der Waals surface area contributed by atoms with E-state index in [1.807, 2.05) is 0 Å². The Bertz CT molecular complexity index is 240. The fraction of sp³-hybridized carbons (Fsp3) is 0.778. The average molecular weight is 200 g/mol. The Kier molecular flexibility index (Phi) is 3.46. The normalized spacial score (nSPS) is 28.4. The topological polar surface area (TPSA) is 92.4 Å². The Morgan fingerprint density at radius 2 is 2.14 bits per heavy atom. The first-order valence-corrected chi connectivity index (χ1v) is 4.79. The molecule has 5 heteroatoms. The second-order valence-corrected chi connectivity index (χ2v) is 3.84. The molecule has 0 aromatic heterocycles. The second kappa shape index (κ2) is 4.41. The van der Waals surface area contributed by atoms with Gasteiger partial charge in [-0.3, -0.25) is 9.59 Å². The van der Waals surface area contributed by atoms with E-state index < -0.39 is 12.0 Å². The molecular formula is C9H16N2O3. The molecule has 0 spiro atoms. The van der Waals surface area contributed by atoms with Gasteiger partial charge in [-0.2, -0.15) is 0 Å². The van der Waals surface area contributed by atoms with Gasteiger partial charge in [0, 0.05) is 6.04 Å². The van der Waals surface area contributed by atoms with Crippen molar-refractivity contribution < 1.29 is 14.7 Å². The van der Waals surface area contributed by atoms with Gasteiger partial charge in [0.25, 0.3) is 0 Å². The monoisotopic (exact) mass is 200 g/mol. The molecule has 80 valence electrons. The Labute approximate surface area is 82.7 Å². The summed E-state index contributed by atoms with van der Waals surface area (Å²) in [6.45, 7) is 1.61. The predicted molar refractivity (Wildman–Crippen MR) is 50.6 cm³/mol. The van der Waals surface area contributed by atoms with Gasteiger partial charge in [0.1, 0.15) is 0 Å². The lowest BCUT2D eigenvalue weighted by Crippen LogP contribution is -2.43. The fourth-order valence-corrected chi connectivity index (χ4v) is 1.67. The van der Waals surface area contributed by atoms with Crippen LogP contribution in [0.5, 0.6) is 0 Å². The summed E-state index contributed by atoms with van der Waals surface area (Å²) in [7, 11) is 0. The van der Waals surface area contributed by atoms with Crippen LogP contribution >= 0.6 is 0 Å². The molecule has 1 fully saturated rings. The summed E-state index contributed by atoms with van der Waals surface area (Å²) in [6.07, 6.45) is 1.89. The molecule has 0 aliphatic heterocycles. The number of hydrogen-bond acceptors (Lipinski definition) is 3. The van der Waals surface area contributed by atoms with Crippen molar-refractivity contribution in [2.75, 3.05) is 0 Å². The third-order valence-electron chi connectivity index (χ3n) is 2.54. The van der Waals surface area contributed by atoms with E-state index in [4.69, 9.17) is 10.8 Å². The van der Waals surface area contributed by atoms with E-state index in [1.165, 1.54) is 0 Å². The van der Waals surface area contributed by atoms with Crippen molar-refractivity contribution in [2.24, 2.45) is 11.7 Å². The van der Waals surface area contributed by atoms with Crippen molar-refractivity contribution in [2.45, 2.75) is 38.3 Å². The van der Waals surface area contributed by atoms with E-state index in [1.54, 1.807) is 6.92 Å². The number of carbonyl (C=O) groups excluding carboxylic acids is 1. The van der Waals surface area contributed by atoms with Gasteiger partial charge in [-0.25, -0.2) is 0 Å². The smallest absolute Gasteiger partial charge is 0.306 e. The van der Waals surface area contributed by atoms with Crippen molar-refractivity contribution in [3.8, 4) is 0 Å². The summed E-state index contributed by atoms with van der Waals surface area (Å²) in [5, 5.41) is 11.5. The predicted octanol–water partition coefficient (Wildman–Crippen LogP) is -0.297. The van der Waals surface area contributed by atoms with Gasteiger partial charge in [-0.1, -0.05) is 0 Å². The molecule has 3 atom stereocenters. The number of nitrogens with two attached hydrogens (primary N) is 1. The number of carboxylic acids is 1. The van der Waals surface area contributed by atoms with Crippen molar-refractivity contribution in [3.63, 3.8) is 0 Å². The standard InChI is InChI=1S/C9H16N2O3/c1-5(10)8(12)11-7-3-2-6(4-7)9(13)14/h5-7H,2-4,10H2,1H3,(H,11,12)(H,13,14). The molecule has 1 saturated carbocycles. The zero-order valence-electron chi connectivity index (χ0n) is 8.19. The lowest BCUT2D eigenvalue weighted by Gasteiger charge is -2.13. The van der Waals surface area contributed by atoms with Gasteiger partial charge in [-0.15, -0.1) is 0 Å². The highest BCUT2D eigenvalue weighted by Gasteiger charge is 2.30. The lowest BCUT2D eigenvalue weighted by atomic mass is 10.1. The maximum Gasteiger partial charge on any atom is 0.306 e. The number of carbonyl (C=O) groups is 2. The molecule has 0 radical (unpaired) electrons. The highest BCUT2D eigenvalue weighted by Crippen LogP contribution is 2.25. The molecule has 1 aliphatic carbocycles. The van der Waals surface area contributed by atoms with Crippen molar-refractivity contribution in [3.05, 3.63) is 0 Å².